The Kier molecular flexibility index (Phi) is 2.23. The van der Waals surface area contributed by atoms with E-state index in [1.165, 1.54) is 19.3 Å². The lowest BCUT2D eigenvalue weighted by Gasteiger charge is -2.33. The molecule has 3 unspecified atom stereocenters. The van der Waals surface area contributed by atoms with Crippen molar-refractivity contribution in [3.8, 4) is 0 Å². The van der Waals surface area contributed by atoms with Crippen molar-refractivity contribution in [2.75, 3.05) is 0 Å². The van der Waals surface area contributed by atoms with Gasteiger partial charge in [-0.15, -0.1) is 0 Å². The molecule has 2 bridgehead atoms. The van der Waals surface area contributed by atoms with Gasteiger partial charge in [0.25, 0.3) is 0 Å². The summed E-state index contributed by atoms with van der Waals surface area (Å²) in [6.45, 7) is 11.6. The van der Waals surface area contributed by atoms with Gasteiger partial charge in [-0.05, 0) is 49.9 Å². The predicted octanol–water partition coefficient (Wildman–Crippen LogP) is 3.63. The quantitative estimate of drug-likeness (QED) is 0.655. The van der Waals surface area contributed by atoms with Crippen LogP contribution < -0.4 is 0 Å². The molecule has 0 radical (unpaired) electrons. The zero-order valence-corrected chi connectivity index (χ0v) is 10.3. The van der Waals surface area contributed by atoms with Crippen LogP contribution in [-0.4, -0.2) is 12.2 Å². The standard InChI is InChI=1S/C13H24O/c1-9(2)14-11-8-13(5)7-6-10(11)12(13,3)4/h9-11H,6-8H2,1-5H3. The van der Waals surface area contributed by atoms with Crippen molar-refractivity contribution in [3.05, 3.63) is 0 Å². The normalized spacial score (nSPS) is 45.0. The van der Waals surface area contributed by atoms with Crippen LogP contribution >= 0.6 is 0 Å². The first kappa shape index (κ1) is 10.5. The lowest BCUT2D eigenvalue weighted by Crippen LogP contribution is -2.27. The first-order valence-corrected chi connectivity index (χ1v) is 6.02. The van der Waals surface area contributed by atoms with Gasteiger partial charge >= 0.3 is 0 Å². The summed E-state index contributed by atoms with van der Waals surface area (Å²) < 4.78 is 6.05. The van der Waals surface area contributed by atoms with E-state index in [9.17, 15) is 0 Å². The van der Waals surface area contributed by atoms with Crippen LogP contribution in [0.25, 0.3) is 0 Å². The van der Waals surface area contributed by atoms with Crippen LogP contribution in [0.3, 0.4) is 0 Å². The van der Waals surface area contributed by atoms with E-state index in [-0.39, 0.29) is 0 Å². The summed E-state index contributed by atoms with van der Waals surface area (Å²) in [5.41, 5.74) is 1.03. The molecule has 2 fully saturated rings. The van der Waals surface area contributed by atoms with Gasteiger partial charge in [0.1, 0.15) is 0 Å². The van der Waals surface area contributed by atoms with Gasteiger partial charge in [0.05, 0.1) is 12.2 Å². The summed E-state index contributed by atoms with van der Waals surface area (Å²) in [6, 6.07) is 0. The minimum absolute atomic E-state index is 0.388. The molecule has 82 valence electrons. The van der Waals surface area contributed by atoms with Gasteiger partial charge < -0.3 is 4.74 Å². The first-order chi connectivity index (χ1) is 6.37. The molecule has 2 aliphatic carbocycles. The van der Waals surface area contributed by atoms with Crippen LogP contribution in [0.1, 0.15) is 53.9 Å². The topological polar surface area (TPSA) is 9.23 Å². The third-order valence-corrected chi connectivity index (χ3v) is 5.04. The van der Waals surface area contributed by atoms with E-state index in [0.29, 0.717) is 23.0 Å². The second-order valence-corrected chi connectivity index (χ2v) is 6.35. The minimum atomic E-state index is 0.388. The maximum atomic E-state index is 6.05. The Balaban J connectivity index is 2.15. The molecule has 0 aromatic heterocycles. The van der Waals surface area contributed by atoms with E-state index >= 15 is 0 Å². The number of rotatable bonds is 2. The van der Waals surface area contributed by atoms with E-state index in [4.69, 9.17) is 4.74 Å². The zero-order valence-electron chi connectivity index (χ0n) is 10.3. The molecule has 2 rings (SSSR count). The highest BCUT2D eigenvalue weighted by molar-refractivity contribution is 5.10. The van der Waals surface area contributed by atoms with Crippen molar-refractivity contribution in [2.45, 2.75) is 66.1 Å². The summed E-state index contributed by atoms with van der Waals surface area (Å²) in [7, 11) is 0. The highest BCUT2D eigenvalue weighted by Gasteiger charge is 2.60. The molecule has 0 amide bonds. The van der Waals surface area contributed by atoms with Gasteiger partial charge in [0.2, 0.25) is 0 Å². The molecule has 0 aromatic rings. The molecule has 0 aliphatic heterocycles. The monoisotopic (exact) mass is 196 g/mol. The van der Waals surface area contributed by atoms with E-state index in [1.54, 1.807) is 0 Å². The van der Waals surface area contributed by atoms with E-state index < -0.39 is 0 Å². The largest absolute Gasteiger partial charge is 0.375 e. The maximum Gasteiger partial charge on any atom is 0.0617 e. The molecule has 1 heteroatoms. The summed E-state index contributed by atoms with van der Waals surface area (Å²) in [5, 5.41) is 0. The van der Waals surface area contributed by atoms with Crippen LogP contribution in [0.15, 0.2) is 0 Å². The third-order valence-electron chi connectivity index (χ3n) is 5.04. The Morgan fingerprint density at radius 3 is 2.21 bits per heavy atom. The second-order valence-electron chi connectivity index (χ2n) is 6.35. The van der Waals surface area contributed by atoms with E-state index in [0.717, 1.165) is 5.92 Å². The number of hydrogen-bond donors (Lipinski definition) is 0. The fourth-order valence-electron chi connectivity index (χ4n) is 3.70. The fraction of sp³-hybridized carbons (Fsp3) is 1.00. The fourth-order valence-corrected chi connectivity index (χ4v) is 3.70. The lowest BCUT2D eigenvalue weighted by molar-refractivity contribution is -0.0315. The van der Waals surface area contributed by atoms with Crippen LogP contribution in [0.4, 0.5) is 0 Å². The maximum absolute atomic E-state index is 6.05. The molecule has 0 aromatic carbocycles. The van der Waals surface area contributed by atoms with Crippen LogP contribution in [0, 0.1) is 16.7 Å². The summed E-state index contributed by atoms with van der Waals surface area (Å²) in [4.78, 5) is 0. The molecule has 2 aliphatic rings. The van der Waals surface area contributed by atoms with Crippen molar-refractivity contribution >= 4 is 0 Å². The Hall–Kier alpha value is -0.0400. The minimum Gasteiger partial charge on any atom is -0.375 e. The number of hydrogen-bond acceptors (Lipinski definition) is 1. The molecule has 2 saturated carbocycles. The highest BCUT2D eigenvalue weighted by atomic mass is 16.5. The Morgan fingerprint density at radius 1 is 1.21 bits per heavy atom. The molecular formula is C13H24O. The van der Waals surface area contributed by atoms with E-state index in [2.05, 4.69) is 34.6 Å². The summed E-state index contributed by atoms with van der Waals surface area (Å²) in [6.07, 6.45) is 4.98. The van der Waals surface area contributed by atoms with Crippen LogP contribution in [0.2, 0.25) is 0 Å². The van der Waals surface area contributed by atoms with Crippen molar-refractivity contribution in [1.82, 2.24) is 0 Å². The smallest absolute Gasteiger partial charge is 0.0617 e. The Labute approximate surface area is 88.2 Å². The van der Waals surface area contributed by atoms with Crippen molar-refractivity contribution < 1.29 is 4.74 Å². The van der Waals surface area contributed by atoms with Gasteiger partial charge in [0, 0.05) is 0 Å². The Morgan fingerprint density at radius 2 is 1.86 bits per heavy atom. The second kappa shape index (κ2) is 2.98. The van der Waals surface area contributed by atoms with Crippen molar-refractivity contribution in [1.29, 1.82) is 0 Å². The SMILES string of the molecule is CC(C)OC1CC2(C)CCC1C2(C)C. The van der Waals surface area contributed by atoms with Crippen molar-refractivity contribution in [3.63, 3.8) is 0 Å². The molecule has 3 atom stereocenters. The first-order valence-electron chi connectivity index (χ1n) is 6.02. The molecule has 0 N–H and O–H groups in total. The molecule has 0 saturated heterocycles. The summed E-state index contributed by atoms with van der Waals surface area (Å²) in [5.74, 6) is 0.801. The van der Waals surface area contributed by atoms with Crippen LogP contribution in [0.5, 0.6) is 0 Å². The van der Waals surface area contributed by atoms with Gasteiger partial charge in [-0.1, -0.05) is 20.8 Å². The van der Waals surface area contributed by atoms with Crippen molar-refractivity contribution in [2.24, 2.45) is 16.7 Å². The van der Waals surface area contributed by atoms with E-state index in [1.807, 2.05) is 0 Å². The van der Waals surface area contributed by atoms with Gasteiger partial charge in [-0.3, -0.25) is 0 Å². The Bertz CT molecular complexity index is 229. The molecule has 0 heterocycles. The number of ether oxygens (including phenoxy) is 1. The molecule has 0 spiro atoms. The highest BCUT2D eigenvalue weighted by Crippen LogP contribution is 2.66. The average Bonchev–Trinajstić information content (AvgIpc) is 2.31. The van der Waals surface area contributed by atoms with Gasteiger partial charge in [0.15, 0.2) is 0 Å². The van der Waals surface area contributed by atoms with Crippen LogP contribution in [-0.2, 0) is 4.74 Å². The lowest BCUT2D eigenvalue weighted by atomic mass is 9.71. The van der Waals surface area contributed by atoms with Gasteiger partial charge in [-0.2, -0.15) is 0 Å². The predicted molar refractivity (Wildman–Crippen MR) is 59.2 cm³/mol. The molecular weight excluding hydrogens is 172 g/mol. The number of fused-ring (bicyclic) bond motifs is 2. The zero-order chi connectivity index (χ0) is 10.6. The molecule has 14 heavy (non-hydrogen) atoms. The van der Waals surface area contributed by atoms with Gasteiger partial charge in [-0.25, -0.2) is 0 Å². The average molecular weight is 196 g/mol. The third kappa shape index (κ3) is 1.25. The summed E-state index contributed by atoms with van der Waals surface area (Å²) >= 11 is 0. The molecule has 1 nitrogen and oxygen atoms in total.